The van der Waals surface area contributed by atoms with E-state index in [2.05, 4.69) is 4.98 Å². The number of aromatic carboxylic acids is 1. The van der Waals surface area contributed by atoms with Gasteiger partial charge in [0.25, 0.3) is 0 Å². The van der Waals surface area contributed by atoms with Gasteiger partial charge in [-0.25, -0.2) is 9.78 Å². The van der Waals surface area contributed by atoms with Crippen LogP contribution in [-0.2, 0) is 6.18 Å². The van der Waals surface area contributed by atoms with Gasteiger partial charge in [-0.2, -0.15) is 13.2 Å². The Balaban J connectivity index is 2.22. The first-order valence-electron chi connectivity index (χ1n) is 5.51. The van der Waals surface area contributed by atoms with Crippen LogP contribution in [0.4, 0.5) is 13.2 Å². The molecule has 1 N–H and O–H groups in total. The predicted octanol–water partition coefficient (Wildman–Crippen LogP) is 4.60. The average Bonchev–Trinajstić information content (AvgIpc) is 2.40. The highest BCUT2D eigenvalue weighted by Gasteiger charge is 2.31. The van der Waals surface area contributed by atoms with Crippen LogP contribution < -0.4 is 0 Å². The van der Waals surface area contributed by atoms with Gasteiger partial charge in [0.05, 0.1) is 16.1 Å². The maximum absolute atomic E-state index is 12.5. The number of halogens is 4. The van der Waals surface area contributed by atoms with E-state index in [1.54, 1.807) is 0 Å². The summed E-state index contributed by atoms with van der Waals surface area (Å²) in [5, 5.41) is 8.87. The predicted molar refractivity (Wildman–Crippen MR) is 71.8 cm³/mol. The van der Waals surface area contributed by atoms with Gasteiger partial charge in [0.2, 0.25) is 0 Å². The van der Waals surface area contributed by atoms with Crippen LogP contribution in [0.1, 0.15) is 15.9 Å². The number of carbonyl (C=O) groups is 1. The fourth-order valence-corrected chi connectivity index (χ4v) is 2.47. The molecular weight excluding hydrogens is 327 g/mol. The third-order valence-electron chi connectivity index (χ3n) is 2.45. The van der Waals surface area contributed by atoms with Gasteiger partial charge in [-0.05, 0) is 30.3 Å². The van der Waals surface area contributed by atoms with Crippen LogP contribution in [-0.4, -0.2) is 16.1 Å². The quantitative estimate of drug-likeness (QED) is 0.891. The van der Waals surface area contributed by atoms with Crippen LogP contribution >= 0.6 is 23.4 Å². The fourth-order valence-electron chi connectivity index (χ4n) is 1.43. The van der Waals surface area contributed by atoms with E-state index in [1.165, 1.54) is 24.3 Å². The van der Waals surface area contributed by atoms with Crippen molar-refractivity contribution in [3.63, 3.8) is 0 Å². The molecule has 1 aromatic heterocycles. The van der Waals surface area contributed by atoms with E-state index in [4.69, 9.17) is 16.7 Å². The summed E-state index contributed by atoms with van der Waals surface area (Å²) in [4.78, 5) is 15.0. The molecule has 1 aromatic carbocycles. The van der Waals surface area contributed by atoms with E-state index in [1.807, 2.05) is 0 Å². The van der Waals surface area contributed by atoms with Crippen molar-refractivity contribution in [2.24, 2.45) is 0 Å². The first kappa shape index (κ1) is 15.7. The number of hydrogen-bond donors (Lipinski definition) is 1. The topological polar surface area (TPSA) is 50.2 Å². The van der Waals surface area contributed by atoms with E-state index in [9.17, 15) is 18.0 Å². The van der Waals surface area contributed by atoms with Gasteiger partial charge in [0, 0.05) is 11.1 Å². The smallest absolute Gasteiger partial charge is 0.417 e. The van der Waals surface area contributed by atoms with Gasteiger partial charge >= 0.3 is 12.1 Å². The van der Waals surface area contributed by atoms with Gasteiger partial charge in [-0.1, -0.05) is 23.4 Å². The number of aromatic nitrogens is 1. The third kappa shape index (κ3) is 3.89. The first-order chi connectivity index (χ1) is 9.77. The van der Waals surface area contributed by atoms with Crippen LogP contribution in [0.15, 0.2) is 46.5 Å². The minimum Gasteiger partial charge on any atom is -0.478 e. The van der Waals surface area contributed by atoms with Crippen molar-refractivity contribution in [1.29, 1.82) is 0 Å². The number of pyridine rings is 1. The Morgan fingerprint density at radius 1 is 1.24 bits per heavy atom. The zero-order chi connectivity index (χ0) is 15.6. The summed E-state index contributed by atoms with van der Waals surface area (Å²) in [5.41, 5.74) is -0.802. The Labute approximate surface area is 126 Å². The Hall–Kier alpha value is -1.73. The second-order valence-electron chi connectivity index (χ2n) is 3.94. The minimum atomic E-state index is -4.50. The number of hydrogen-bond acceptors (Lipinski definition) is 3. The number of nitrogens with zero attached hydrogens (tertiary/aromatic N) is 1. The summed E-state index contributed by atoms with van der Waals surface area (Å²) in [6.45, 7) is 0. The van der Waals surface area contributed by atoms with Crippen molar-refractivity contribution in [3.05, 3.63) is 52.7 Å². The zero-order valence-electron chi connectivity index (χ0n) is 10.2. The lowest BCUT2D eigenvalue weighted by atomic mass is 10.2. The molecule has 21 heavy (non-hydrogen) atoms. The highest BCUT2D eigenvalue weighted by Crippen LogP contribution is 2.36. The molecule has 0 bridgehead atoms. The van der Waals surface area contributed by atoms with Crippen LogP contribution in [0.5, 0.6) is 0 Å². The van der Waals surface area contributed by atoms with Gasteiger partial charge in [0.15, 0.2) is 0 Å². The monoisotopic (exact) mass is 333 g/mol. The summed E-state index contributed by atoms with van der Waals surface area (Å²) < 4.78 is 37.5. The summed E-state index contributed by atoms with van der Waals surface area (Å²) in [5.74, 6) is -1.06. The van der Waals surface area contributed by atoms with Gasteiger partial charge < -0.3 is 5.11 Å². The van der Waals surface area contributed by atoms with Crippen LogP contribution in [0, 0.1) is 0 Å². The summed E-state index contributed by atoms with van der Waals surface area (Å²) in [6, 6.07) is 6.65. The number of alkyl halides is 3. The molecule has 0 aliphatic heterocycles. The fraction of sp³-hybridized carbons (Fsp3) is 0.0769. The van der Waals surface area contributed by atoms with Crippen molar-refractivity contribution < 1.29 is 23.1 Å². The Morgan fingerprint density at radius 3 is 2.33 bits per heavy atom. The second kappa shape index (κ2) is 5.95. The first-order valence-corrected chi connectivity index (χ1v) is 6.71. The number of carboxylic acid groups (broad SMARTS) is 1. The van der Waals surface area contributed by atoms with E-state index in [0.717, 1.165) is 17.8 Å². The number of carboxylic acids is 1. The zero-order valence-corrected chi connectivity index (χ0v) is 11.8. The molecule has 0 radical (unpaired) electrons. The summed E-state index contributed by atoms with van der Waals surface area (Å²) >= 11 is 6.84. The molecule has 3 nitrogen and oxygen atoms in total. The summed E-state index contributed by atoms with van der Waals surface area (Å²) in [6.07, 6.45) is -3.79. The SMILES string of the molecule is O=C(O)c1ccc(Sc2ncc(C(F)(F)F)cc2Cl)cc1. The molecule has 0 fully saturated rings. The van der Waals surface area contributed by atoms with Crippen LogP contribution in [0.25, 0.3) is 0 Å². The maximum atomic E-state index is 12.5. The number of benzene rings is 1. The van der Waals surface area contributed by atoms with Gasteiger partial charge in [-0.15, -0.1) is 0 Å². The van der Waals surface area contributed by atoms with Crippen molar-refractivity contribution >= 4 is 29.3 Å². The van der Waals surface area contributed by atoms with Crippen LogP contribution in [0.3, 0.4) is 0 Å². The molecule has 0 saturated carbocycles. The molecule has 0 saturated heterocycles. The van der Waals surface area contributed by atoms with Gasteiger partial charge in [-0.3, -0.25) is 0 Å². The highest BCUT2D eigenvalue weighted by atomic mass is 35.5. The number of rotatable bonds is 3. The van der Waals surface area contributed by atoms with Crippen molar-refractivity contribution in [3.8, 4) is 0 Å². The average molecular weight is 334 g/mol. The van der Waals surface area contributed by atoms with E-state index >= 15 is 0 Å². The lowest BCUT2D eigenvalue weighted by Crippen LogP contribution is -2.05. The molecule has 0 amide bonds. The van der Waals surface area contributed by atoms with E-state index in [-0.39, 0.29) is 15.6 Å². The largest absolute Gasteiger partial charge is 0.478 e. The standard InChI is InChI=1S/C13H7ClF3NO2S/c14-10-5-8(13(15,16)17)6-18-11(10)21-9-3-1-7(2-4-9)12(19)20/h1-6H,(H,19,20). The molecule has 8 heteroatoms. The minimum absolute atomic E-state index is 0.114. The van der Waals surface area contributed by atoms with Crippen molar-refractivity contribution in [2.75, 3.05) is 0 Å². The van der Waals surface area contributed by atoms with E-state index in [0.29, 0.717) is 11.1 Å². The Kier molecular flexibility index (Phi) is 4.43. The lowest BCUT2D eigenvalue weighted by molar-refractivity contribution is -0.137. The molecule has 2 rings (SSSR count). The highest BCUT2D eigenvalue weighted by molar-refractivity contribution is 7.99. The normalized spacial score (nSPS) is 11.4. The molecule has 0 atom stereocenters. The molecule has 110 valence electrons. The Bertz CT molecular complexity index is 674. The van der Waals surface area contributed by atoms with Gasteiger partial charge in [0.1, 0.15) is 5.03 Å². The van der Waals surface area contributed by atoms with E-state index < -0.39 is 17.7 Å². The lowest BCUT2D eigenvalue weighted by Gasteiger charge is -2.08. The molecule has 1 heterocycles. The molecule has 0 spiro atoms. The molecule has 0 aliphatic carbocycles. The second-order valence-corrected chi connectivity index (χ2v) is 5.41. The third-order valence-corrected chi connectivity index (χ3v) is 3.88. The van der Waals surface area contributed by atoms with Crippen molar-refractivity contribution in [2.45, 2.75) is 16.1 Å². The maximum Gasteiger partial charge on any atom is 0.417 e. The molecular formula is C13H7ClF3NO2S. The summed E-state index contributed by atoms with van der Waals surface area (Å²) in [7, 11) is 0. The Morgan fingerprint density at radius 2 is 1.86 bits per heavy atom. The van der Waals surface area contributed by atoms with Crippen molar-refractivity contribution in [1.82, 2.24) is 4.98 Å². The molecule has 0 unspecified atom stereocenters. The molecule has 0 aliphatic rings. The van der Waals surface area contributed by atoms with Crippen LogP contribution in [0.2, 0.25) is 5.02 Å². The molecule has 2 aromatic rings.